The molecule has 2 aromatic heterocycles. The maximum Gasteiger partial charge on any atom is 0.320 e. The minimum absolute atomic E-state index is 0.108. The molecule has 3 heterocycles. The summed E-state index contributed by atoms with van der Waals surface area (Å²) in [6.45, 7) is 2.31. The van der Waals surface area contributed by atoms with Crippen LogP contribution in [0.5, 0.6) is 0 Å². The summed E-state index contributed by atoms with van der Waals surface area (Å²) in [6.07, 6.45) is 6.03. The van der Waals surface area contributed by atoms with Gasteiger partial charge in [-0.05, 0) is 46.0 Å². The molecule has 1 aromatic carbocycles. The third-order valence-electron chi connectivity index (χ3n) is 7.06. The van der Waals surface area contributed by atoms with Gasteiger partial charge < -0.3 is 10.1 Å². The van der Waals surface area contributed by atoms with Gasteiger partial charge in [0.25, 0.3) is 0 Å². The van der Waals surface area contributed by atoms with Crippen molar-refractivity contribution in [3.63, 3.8) is 0 Å². The van der Waals surface area contributed by atoms with Crippen LogP contribution in [0.4, 0.5) is 19.4 Å². The lowest BCUT2D eigenvalue weighted by atomic mass is 9.83. The molecule has 1 aliphatic heterocycles. The summed E-state index contributed by atoms with van der Waals surface area (Å²) >= 11 is 3.63. The van der Waals surface area contributed by atoms with Gasteiger partial charge in [-0.3, -0.25) is 14.9 Å². The summed E-state index contributed by atoms with van der Waals surface area (Å²) < 4.78 is 37.4. The van der Waals surface area contributed by atoms with E-state index < -0.39 is 17.7 Å². The highest BCUT2D eigenvalue weighted by Crippen LogP contribution is 2.37. The number of aromatic nitrogens is 4. The number of halogens is 3. The molecule has 2 amide bonds. The molecule has 1 unspecified atom stereocenters. The number of benzene rings is 1. The number of urea groups is 1. The zero-order chi connectivity index (χ0) is 27.5. The molecule has 206 valence electrons. The number of amides is 2. The first-order valence-electron chi connectivity index (χ1n) is 12.7. The molecule has 12 heteroatoms. The maximum atomic E-state index is 14.1. The van der Waals surface area contributed by atoms with E-state index in [1.807, 2.05) is 43.6 Å². The molecule has 0 radical (unpaired) electrons. The lowest BCUT2D eigenvalue weighted by molar-refractivity contribution is 0.157. The number of nitrogens with zero attached hydrogens (tertiary/aromatic N) is 5. The number of aryl methyl sites for hydroxylation is 1. The van der Waals surface area contributed by atoms with Crippen molar-refractivity contribution in [2.45, 2.75) is 12.5 Å². The van der Waals surface area contributed by atoms with Crippen molar-refractivity contribution in [2.24, 2.45) is 18.9 Å². The summed E-state index contributed by atoms with van der Waals surface area (Å²) in [7, 11) is 3.45. The van der Waals surface area contributed by atoms with Crippen molar-refractivity contribution in [1.82, 2.24) is 29.8 Å². The Kier molecular flexibility index (Phi) is 8.24. The highest BCUT2D eigenvalue weighted by molar-refractivity contribution is 9.10. The second kappa shape index (κ2) is 11.8. The Morgan fingerprint density at radius 1 is 1.23 bits per heavy atom. The number of rotatable bonds is 8. The SMILES string of the molecule is COCCN1C[C@@H](NC(=O)Nc2c(Br)c(-c3cnn(C)c3)nn2-c2ccccc2)[C@H](C2C=C(F)C=C(F)C2)C1. The first-order chi connectivity index (χ1) is 18.8. The lowest BCUT2D eigenvalue weighted by Gasteiger charge is -2.27. The Labute approximate surface area is 233 Å². The summed E-state index contributed by atoms with van der Waals surface area (Å²) in [4.78, 5) is 15.6. The predicted octanol–water partition coefficient (Wildman–Crippen LogP) is 4.83. The van der Waals surface area contributed by atoms with Crippen molar-refractivity contribution in [3.05, 3.63) is 71.0 Å². The first-order valence-corrected chi connectivity index (χ1v) is 13.5. The molecule has 5 rings (SSSR count). The highest BCUT2D eigenvalue weighted by atomic mass is 79.9. The lowest BCUT2D eigenvalue weighted by Crippen LogP contribution is -2.45. The van der Waals surface area contributed by atoms with Gasteiger partial charge in [0.15, 0.2) is 5.82 Å². The van der Waals surface area contributed by atoms with Gasteiger partial charge in [-0.25, -0.2) is 18.3 Å². The molecule has 0 saturated carbocycles. The fraction of sp³-hybridized carbons (Fsp3) is 0.370. The summed E-state index contributed by atoms with van der Waals surface area (Å²) in [5.41, 5.74) is 2.17. The van der Waals surface area contributed by atoms with Crippen LogP contribution in [0.2, 0.25) is 0 Å². The Balaban J connectivity index is 1.40. The molecule has 39 heavy (non-hydrogen) atoms. The van der Waals surface area contributed by atoms with Crippen LogP contribution in [0.1, 0.15) is 6.42 Å². The molecule has 3 aromatic rings. The summed E-state index contributed by atoms with van der Waals surface area (Å²) in [5.74, 6) is -1.17. The van der Waals surface area contributed by atoms with E-state index >= 15 is 0 Å². The van der Waals surface area contributed by atoms with Crippen LogP contribution in [0, 0.1) is 11.8 Å². The van der Waals surface area contributed by atoms with Gasteiger partial charge in [0.05, 0.1) is 23.0 Å². The number of ether oxygens (including phenoxy) is 1. The number of carbonyl (C=O) groups is 1. The number of para-hydroxylation sites is 1. The van der Waals surface area contributed by atoms with E-state index in [1.54, 1.807) is 22.7 Å². The van der Waals surface area contributed by atoms with E-state index in [0.29, 0.717) is 42.2 Å². The second-order valence-corrected chi connectivity index (χ2v) is 10.6. The van der Waals surface area contributed by atoms with Crippen LogP contribution >= 0.6 is 15.9 Å². The second-order valence-electron chi connectivity index (χ2n) is 9.79. The van der Waals surface area contributed by atoms with Gasteiger partial charge >= 0.3 is 6.03 Å². The fourth-order valence-electron chi connectivity index (χ4n) is 5.23. The van der Waals surface area contributed by atoms with Crippen LogP contribution in [0.25, 0.3) is 16.9 Å². The average Bonchev–Trinajstić information content (AvgIpc) is 3.60. The number of hydrogen-bond donors (Lipinski definition) is 2. The molecule has 3 atom stereocenters. The zero-order valence-electron chi connectivity index (χ0n) is 21.7. The number of methoxy groups -OCH3 is 1. The summed E-state index contributed by atoms with van der Waals surface area (Å²) in [5, 5.41) is 15.0. The number of carbonyl (C=O) groups excluding carboxylic acids is 1. The predicted molar refractivity (Wildman–Crippen MR) is 148 cm³/mol. The van der Waals surface area contributed by atoms with Gasteiger partial charge in [-0.1, -0.05) is 18.2 Å². The van der Waals surface area contributed by atoms with E-state index in [1.165, 1.54) is 6.08 Å². The Morgan fingerprint density at radius 2 is 2.03 bits per heavy atom. The van der Waals surface area contributed by atoms with Crippen LogP contribution in [0.15, 0.2) is 71.0 Å². The third kappa shape index (κ3) is 6.13. The minimum Gasteiger partial charge on any atom is -0.383 e. The van der Waals surface area contributed by atoms with Crippen molar-refractivity contribution in [1.29, 1.82) is 0 Å². The minimum atomic E-state index is -0.582. The van der Waals surface area contributed by atoms with E-state index in [9.17, 15) is 13.6 Å². The quantitative estimate of drug-likeness (QED) is 0.386. The van der Waals surface area contributed by atoms with E-state index in [-0.39, 0.29) is 24.3 Å². The van der Waals surface area contributed by atoms with Crippen molar-refractivity contribution < 1.29 is 18.3 Å². The van der Waals surface area contributed by atoms with Gasteiger partial charge in [-0.15, -0.1) is 0 Å². The van der Waals surface area contributed by atoms with Gasteiger partial charge in [0.2, 0.25) is 0 Å². The monoisotopic (exact) mass is 601 g/mol. The van der Waals surface area contributed by atoms with Gasteiger partial charge in [0.1, 0.15) is 17.3 Å². The molecule has 0 spiro atoms. The smallest absolute Gasteiger partial charge is 0.320 e. The van der Waals surface area contributed by atoms with E-state index in [2.05, 4.69) is 36.6 Å². The third-order valence-corrected chi connectivity index (χ3v) is 7.81. The van der Waals surface area contributed by atoms with Crippen molar-refractivity contribution in [3.8, 4) is 16.9 Å². The van der Waals surface area contributed by atoms with Gasteiger partial charge in [-0.2, -0.15) is 10.2 Å². The fourth-order valence-corrected chi connectivity index (χ4v) is 5.80. The average molecular weight is 602 g/mol. The van der Waals surface area contributed by atoms with E-state index in [0.717, 1.165) is 17.3 Å². The Morgan fingerprint density at radius 3 is 2.72 bits per heavy atom. The molecule has 2 aliphatic rings. The summed E-state index contributed by atoms with van der Waals surface area (Å²) in [6, 6.07) is 8.70. The Hall–Kier alpha value is -3.35. The van der Waals surface area contributed by atoms with Crippen LogP contribution in [-0.2, 0) is 11.8 Å². The van der Waals surface area contributed by atoms with Gasteiger partial charge in [0, 0.05) is 64.1 Å². The molecule has 9 nitrogen and oxygen atoms in total. The molecule has 2 N–H and O–H groups in total. The zero-order valence-corrected chi connectivity index (χ0v) is 23.2. The van der Waals surface area contributed by atoms with Crippen LogP contribution in [0.3, 0.4) is 0 Å². The van der Waals surface area contributed by atoms with Crippen LogP contribution < -0.4 is 10.6 Å². The largest absolute Gasteiger partial charge is 0.383 e. The molecule has 1 fully saturated rings. The van der Waals surface area contributed by atoms with Crippen molar-refractivity contribution >= 4 is 27.8 Å². The van der Waals surface area contributed by atoms with Crippen LogP contribution in [-0.4, -0.2) is 69.9 Å². The number of allylic oxidation sites excluding steroid dienone is 4. The number of anilines is 1. The number of likely N-dealkylation sites (tertiary alicyclic amines) is 1. The molecular weight excluding hydrogens is 572 g/mol. The molecule has 0 bridgehead atoms. The highest BCUT2D eigenvalue weighted by Gasteiger charge is 2.39. The van der Waals surface area contributed by atoms with E-state index in [4.69, 9.17) is 9.84 Å². The first kappa shape index (κ1) is 27.2. The topological polar surface area (TPSA) is 89.2 Å². The molecule has 1 saturated heterocycles. The maximum absolute atomic E-state index is 14.1. The Bertz CT molecular complexity index is 1390. The number of hydrogen-bond acceptors (Lipinski definition) is 5. The number of nitrogens with one attached hydrogen (secondary N) is 2. The van der Waals surface area contributed by atoms with Crippen molar-refractivity contribution in [2.75, 3.05) is 38.7 Å². The standard InChI is InChI=1S/C27H30BrF2N7O2/c1-35-14-18(13-31-35)25-24(28)26(37(34-25)21-6-4-3-5-7-21)33-27(38)32-23-16-36(8-9-39-2)15-22(23)17-10-19(29)12-20(30)11-17/h3-7,10,12-14,17,22-23H,8-9,11,15-16H2,1-2H3,(H2,32,33,38)/t17?,22-,23+/m0/s1. The normalized spacial score (nSPS) is 21.5. The molecule has 1 aliphatic carbocycles. The molecular formula is C27H30BrF2N7O2.